The number of H-pyrrole nitrogens is 1. The van der Waals surface area contributed by atoms with E-state index in [0.717, 1.165) is 6.42 Å². The predicted molar refractivity (Wildman–Crippen MR) is 181 cm³/mol. The van der Waals surface area contributed by atoms with Crippen LogP contribution in [0.1, 0.15) is 62.1 Å². The smallest absolute Gasteiger partial charge is 0.410 e. The molecular formula is C34H38ClF2N9O4. The average Bonchev–Trinajstić information content (AvgIpc) is 3.75. The fourth-order valence-electron chi connectivity index (χ4n) is 5.77. The number of carbonyl (C=O) groups is 2. The first-order valence-corrected chi connectivity index (χ1v) is 16.5. The summed E-state index contributed by atoms with van der Waals surface area (Å²) in [6.45, 7) is 5.02. The van der Waals surface area contributed by atoms with Crippen LogP contribution in [0.2, 0.25) is 5.02 Å². The number of nitrogens with one attached hydrogen (secondary N) is 1. The molecule has 1 spiro atoms. The summed E-state index contributed by atoms with van der Waals surface area (Å²) in [5.41, 5.74) is 8.62. The van der Waals surface area contributed by atoms with Gasteiger partial charge in [0, 0.05) is 35.9 Å². The normalized spacial score (nSPS) is 16.2. The standard InChI is InChI=1S/C34H38ClF2N9O4/c1-33(2,3)10-12-39-31(38)46(29(47)22-6-4-21(5-7-22)24-15-42-45(16-24)30(36)37)27(17-49-32(48)44-18-34(19-44)11-13-50-34)23-8-9-26(35)25(14-23)28-40-20-41-43-28/h4-9,14-16,20,27,30H,10-13,17-19H2,1-3H3,(H2,38,39)(H,40,41,43)/t27-/m1/s1. The Balaban J connectivity index is 1.35. The number of ether oxygens (including phenoxy) is 2. The first-order valence-electron chi connectivity index (χ1n) is 16.1. The number of carbonyl (C=O) groups excluding carboxylic acids is 2. The summed E-state index contributed by atoms with van der Waals surface area (Å²) in [5.74, 6) is -0.209. The lowest BCUT2D eigenvalue weighted by atomic mass is 9.87. The Morgan fingerprint density at radius 3 is 2.52 bits per heavy atom. The van der Waals surface area contributed by atoms with Crippen molar-refractivity contribution in [2.24, 2.45) is 16.1 Å². The fraction of sp³-hybridized carbons (Fsp3) is 0.412. The molecule has 50 heavy (non-hydrogen) atoms. The van der Waals surface area contributed by atoms with Gasteiger partial charge in [-0.25, -0.2) is 14.5 Å². The van der Waals surface area contributed by atoms with E-state index < -0.39 is 24.6 Å². The Bertz CT molecular complexity index is 1850. The van der Waals surface area contributed by atoms with Crippen LogP contribution in [0.25, 0.3) is 22.5 Å². The number of aromatic amines is 1. The zero-order valence-electron chi connectivity index (χ0n) is 27.9. The number of halogens is 3. The average molecular weight is 710 g/mol. The SMILES string of the molecule is CC(C)(C)CCN=C(N)N(C(=O)c1ccc(-c2cnn(C(F)F)c2)cc1)[C@H](COC(=O)N1CC2(CCO2)C1)c1ccc(Cl)c(-c2ncn[nH]2)c1. The van der Waals surface area contributed by atoms with Crippen molar-refractivity contribution in [3.8, 4) is 22.5 Å². The maximum absolute atomic E-state index is 14.5. The Kier molecular flexibility index (Phi) is 9.89. The molecule has 1 atom stereocenters. The second kappa shape index (κ2) is 14.2. The molecular weight excluding hydrogens is 672 g/mol. The molecule has 13 nitrogen and oxygen atoms in total. The van der Waals surface area contributed by atoms with Crippen LogP contribution in [0.15, 0.2) is 66.2 Å². The monoisotopic (exact) mass is 709 g/mol. The lowest BCUT2D eigenvalue weighted by molar-refractivity contribution is -0.212. The summed E-state index contributed by atoms with van der Waals surface area (Å²) >= 11 is 6.56. The van der Waals surface area contributed by atoms with Crippen LogP contribution >= 0.6 is 11.6 Å². The van der Waals surface area contributed by atoms with Crippen molar-refractivity contribution < 1.29 is 27.8 Å². The molecule has 4 heterocycles. The number of aliphatic imine (C=N–C) groups is 1. The number of alkyl halides is 2. The minimum absolute atomic E-state index is 0.0532. The number of amides is 2. The molecule has 2 aromatic carbocycles. The van der Waals surface area contributed by atoms with E-state index in [0.29, 0.717) is 70.4 Å². The van der Waals surface area contributed by atoms with E-state index in [1.165, 1.54) is 23.6 Å². The molecule has 0 unspecified atom stereocenters. The van der Waals surface area contributed by atoms with Gasteiger partial charge in [0.15, 0.2) is 11.8 Å². The number of nitrogens with two attached hydrogens (primary N) is 1. The molecule has 6 rings (SSSR count). The molecule has 264 valence electrons. The van der Waals surface area contributed by atoms with Crippen LogP contribution in [0.3, 0.4) is 0 Å². The Hall–Kier alpha value is -4.89. The summed E-state index contributed by atoms with van der Waals surface area (Å²) in [6, 6.07) is 10.5. The van der Waals surface area contributed by atoms with E-state index in [4.69, 9.17) is 26.8 Å². The van der Waals surface area contributed by atoms with Crippen molar-refractivity contribution in [1.82, 2.24) is 34.8 Å². The minimum atomic E-state index is -2.78. The molecule has 2 aromatic heterocycles. The highest BCUT2D eigenvalue weighted by molar-refractivity contribution is 6.33. The highest BCUT2D eigenvalue weighted by Gasteiger charge is 2.51. The molecule has 2 fully saturated rings. The van der Waals surface area contributed by atoms with Gasteiger partial charge in [0.1, 0.15) is 18.5 Å². The maximum atomic E-state index is 14.5. The Morgan fingerprint density at radius 1 is 1.18 bits per heavy atom. The number of benzene rings is 2. The summed E-state index contributed by atoms with van der Waals surface area (Å²) in [6.07, 6.45) is 4.91. The number of aromatic nitrogens is 5. The van der Waals surface area contributed by atoms with Crippen LogP contribution in [0, 0.1) is 5.41 Å². The third-order valence-electron chi connectivity index (χ3n) is 8.77. The molecule has 2 aliphatic heterocycles. The van der Waals surface area contributed by atoms with Gasteiger partial charge in [0.05, 0.1) is 37.0 Å². The van der Waals surface area contributed by atoms with Crippen LogP contribution in [-0.4, -0.2) is 91.2 Å². The lowest BCUT2D eigenvalue weighted by Gasteiger charge is -2.54. The van der Waals surface area contributed by atoms with Crippen molar-refractivity contribution in [2.45, 2.75) is 51.8 Å². The van der Waals surface area contributed by atoms with E-state index in [2.05, 4.69) is 46.0 Å². The van der Waals surface area contributed by atoms with E-state index in [1.807, 2.05) is 0 Å². The summed E-state index contributed by atoms with van der Waals surface area (Å²) in [5, 5.41) is 10.8. The number of hydrogen-bond acceptors (Lipinski definition) is 8. The number of guanidine groups is 1. The van der Waals surface area contributed by atoms with Crippen LogP contribution in [0.5, 0.6) is 0 Å². The molecule has 0 saturated carbocycles. The van der Waals surface area contributed by atoms with Crippen LogP contribution in [-0.2, 0) is 9.47 Å². The highest BCUT2D eigenvalue weighted by Crippen LogP contribution is 2.37. The van der Waals surface area contributed by atoms with E-state index >= 15 is 0 Å². The molecule has 0 radical (unpaired) electrons. The first kappa shape index (κ1) is 35.0. The van der Waals surface area contributed by atoms with Crippen LogP contribution in [0.4, 0.5) is 13.6 Å². The van der Waals surface area contributed by atoms with E-state index in [1.54, 1.807) is 47.4 Å². The lowest BCUT2D eigenvalue weighted by Crippen LogP contribution is -2.69. The fourth-order valence-corrected chi connectivity index (χ4v) is 5.98. The Labute approximate surface area is 292 Å². The van der Waals surface area contributed by atoms with Gasteiger partial charge in [0.2, 0.25) is 0 Å². The molecule has 0 aliphatic carbocycles. The molecule has 2 aliphatic rings. The van der Waals surface area contributed by atoms with Gasteiger partial charge >= 0.3 is 12.6 Å². The molecule has 2 saturated heterocycles. The van der Waals surface area contributed by atoms with Gasteiger partial charge in [-0.15, -0.1) is 0 Å². The van der Waals surface area contributed by atoms with Crippen molar-refractivity contribution in [3.05, 3.63) is 77.3 Å². The molecule has 3 N–H and O–H groups in total. The zero-order chi connectivity index (χ0) is 35.6. The zero-order valence-corrected chi connectivity index (χ0v) is 28.6. The first-order chi connectivity index (χ1) is 23.8. The number of nitrogens with zero attached hydrogens (tertiary/aromatic N) is 7. The molecule has 16 heteroatoms. The third-order valence-corrected chi connectivity index (χ3v) is 9.10. The maximum Gasteiger partial charge on any atom is 0.410 e. The van der Waals surface area contributed by atoms with Crippen molar-refractivity contribution in [3.63, 3.8) is 0 Å². The second-order valence-corrected chi connectivity index (χ2v) is 14.0. The summed E-state index contributed by atoms with van der Waals surface area (Å²) < 4.78 is 38.3. The van der Waals surface area contributed by atoms with Crippen LogP contribution < -0.4 is 5.73 Å². The van der Waals surface area contributed by atoms with Crippen molar-refractivity contribution in [1.29, 1.82) is 0 Å². The molecule has 0 bridgehead atoms. The minimum Gasteiger partial charge on any atom is -0.447 e. The quantitative estimate of drug-likeness (QED) is 0.152. The molecule has 4 aromatic rings. The predicted octanol–water partition coefficient (Wildman–Crippen LogP) is 5.93. The molecule has 2 amide bonds. The van der Waals surface area contributed by atoms with Gasteiger partial charge in [0.25, 0.3) is 5.91 Å². The summed E-state index contributed by atoms with van der Waals surface area (Å²) in [4.78, 5) is 39.4. The van der Waals surface area contributed by atoms with Gasteiger partial charge in [-0.3, -0.25) is 19.8 Å². The largest absolute Gasteiger partial charge is 0.447 e. The van der Waals surface area contributed by atoms with E-state index in [-0.39, 0.29) is 29.1 Å². The number of rotatable bonds is 10. The number of hydrogen-bond donors (Lipinski definition) is 2. The van der Waals surface area contributed by atoms with Crippen molar-refractivity contribution in [2.75, 3.05) is 32.8 Å². The van der Waals surface area contributed by atoms with Gasteiger partial charge in [-0.05, 0) is 47.2 Å². The topological polar surface area (TPSA) is 157 Å². The summed E-state index contributed by atoms with van der Waals surface area (Å²) in [7, 11) is 0. The third kappa shape index (κ3) is 7.63. The highest BCUT2D eigenvalue weighted by atomic mass is 35.5. The van der Waals surface area contributed by atoms with Gasteiger partial charge < -0.3 is 20.1 Å². The van der Waals surface area contributed by atoms with Gasteiger partial charge in [-0.1, -0.05) is 50.6 Å². The van der Waals surface area contributed by atoms with Crippen molar-refractivity contribution >= 4 is 29.6 Å². The van der Waals surface area contributed by atoms with E-state index in [9.17, 15) is 18.4 Å². The van der Waals surface area contributed by atoms with Gasteiger partial charge in [-0.2, -0.15) is 19.0 Å². The second-order valence-electron chi connectivity index (χ2n) is 13.6. The number of likely N-dealkylation sites (tertiary alicyclic amines) is 1. The Morgan fingerprint density at radius 2 is 1.92 bits per heavy atom.